The van der Waals surface area contributed by atoms with Crippen molar-refractivity contribution in [1.82, 2.24) is 4.57 Å². The normalized spacial score (nSPS) is 13.1. The number of nitrogen functional groups attached to an aromatic ring is 1. The van der Waals surface area contributed by atoms with Crippen LogP contribution in [-0.4, -0.2) is 4.57 Å². The van der Waals surface area contributed by atoms with Crippen LogP contribution in [-0.2, 0) is 12.5 Å². The fourth-order valence-corrected chi connectivity index (χ4v) is 1.70. The number of anilines is 1. The van der Waals surface area contributed by atoms with Gasteiger partial charge in [0.25, 0.3) is 0 Å². The molecule has 0 unspecified atom stereocenters. The molecule has 0 amide bonds. The maximum Gasteiger partial charge on any atom is 0.110 e. The Hall–Kier alpha value is -1.44. The van der Waals surface area contributed by atoms with Crippen molar-refractivity contribution < 1.29 is 0 Å². The van der Waals surface area contributed by atoms with Gasteiger partial charge in [0.05, 0.1) is 0 Å². The average molecular weight is 218 g/mol. The summed E-state index contributed by atoms with van der Waals surface area (Å²) >= 11 is 0. The second kappa shape index (κ2) is 4.60. The van der Waals surface area contributed by atoms with Gasteiger partial charge in [-0.15, -0.1) is 0 Å². The van der Waals surface area contributed by atoms with Crippen LogP contribution in [0.4, 0.5) is 5.82 Å². The summed E-state index contributed by atoms with van der Waals surface area (Å²) in [6.45, 7) is 8.61. The fourth-order valence-electron chi connectivity index (χ4n) is 1.70. The summed E-state index contributed by atoms with van der Waals surface area (Å²) in [4.78, 5) is 0. The molecule has 0 bridgehead atoms. The molecular formula is C14H22N2. The number of rotatable bonds is 2. The third kappa shape index (κ3) is 2.57. The van der Waals surface area contributed by atoms with Gasteiger partial charge in [-0.05, 0) is 17.9 Å². The molecule has 1 rings (SSSR count). The first-order valence-corrected chi connectivity index (χ1v) is 5.62. The van der Waals surface area contributed by atoms with E-state index in [0.29, 0.717) is 0 Å². The summed E-state index contributed by atoms with van der Waals surface area (Å²) in [7, 11) is 1.98. The Kier molecular flexibility index (Phi) is 3.63. The highest BCUT2D eigenvalue weighted by Crippen LogP contribution is 2.31. The molecule has 0 saturated heterocycles. The predicted octanol–water partition coefficient (Wildman–Crippen LogP) is 3.49. The van der Waals surface area contributed by atoms with Crippen molar-refractivity contribution in [3.8, 4) is 0 Å². The maximum atomic E-state index is 6.07. The van der Waals surface area contributed by atoms with E-state index in [1.165, 1.54) is 5.56 Å². The van der Waals surface area contributed by atoms with Gasteiger partial charge in [0.15, 0.2) is 0 Å². The third-order valence-electron chi connectivity index (χ3n) is 2.64. The first kappa shape index (κ1) is 12.6. The zero-order valence-electron chi connectivity index (χ0n) is 10.9. The zero-order chi connectivity index (χ0) is 12.3. The number of nitrogens with zero attached hydrogens (tertiary/aromatic N) is 1. The molecular weight excluding hydrogens is 196 g/mol. The third-order valence-corrected chi connectivity index (χ3v) is 2.64. The molecule has 0 atom stereocenters. The van der Waals surface area contributed by atoms with Gasteiger partial charge in [-0.25, -0.2) is 0 Å². The van der Waals surface area contributed by atoms with Crippen LogP contribution in [0.25, 0.3) is 6.08 Å². The molecule has 1 aromatic rings. The van der Waals surface area contributed by atoms with E-state index in [0.717, 1.165) is 11.4 Å². The highest BCUT2D eigenvalue weighted by molar-refractivity contribution is 5.68. The first-order valence-electron chi connectivity index (χ1n) is 5.62. The van der Waals surface area contributed by atoms with E-state index in [1.54, 1.807) is 0 Å². The Labute approximate surface area is 98.5 Å². The highest BCUT2D eigenvalue weighted by atomic mass is 15.0. The molecule has 2 nitrogen and oxygen atoms in total. The molecule has 0 aromatic carbocycles. The van der Waals surface area contributed by atoms with Crippen molar-refractivity contribution in [2.75, 3.05) is 5.73 Å². The summed E-state index contributed by atoms with van der Waals surface area (Å²) < 4.78 is 1.98. The smallest absolute Gasteiger partial charge is 0.110 e. The molecule has 0 radical (unpaired) electrons. The topological polar surface area (TPSA) is 30.9 Å². The van der Waals surface area contributed by atoms with E-state index in [9.17, 15) is 0 Å². The minimum atomic E-state index is 0.116. The summed E-state index contributed by atoms with van der Waals surface area (Å²) in [6.07, 6.45) is 10.2. The van der Waals surface area contributed by atoms with Gasteiger partial charge in [0.2, 0.25) is 0 Å². The Morgan fingerprint density at radius 1 is 1.25 bits per heavy atom. The maximum absolute atomic E-state index is 6.07. The second-order valence-electron chi connectivity index (χ2n) is 5.09. The number of allylic oxidation sites excluding steroid dienone is 3. The summed E-state index contributed by atoms with van der Waals surface area (Å²) in [5.41, 5.74) is 8.60. The van der Waals surface area contributed by atoms with Crippen molar-refractivity contribution >= 4 is 11.9 Å². The molecule has 1 heterocycles. The number of nitrogens with two attached hydrogens (primary N) is 1. The van der Waals surface area contributed by atoms with Crippen molar-refractivity contribution in [1.29, 1.82) is 0 Å². The van der Waals surface area contributed by atoms with Gasteiger partial charge in [0, 0.05) is 18.8 Å². The molecule has 1 aromatic heterocycles. The van der Waals surface area contributed by atoms with E-state index in [4.69, 9.17) is 5.73 Å². The van der Waals surface area contributed by atoms with Crippen LogP contribution in [0.1, 0.15) is 38.8 Å². The van der Waals surface area contributed by atoms with Gasteiger partial charge in [-0.1, -0.05) is 45.1 Å². The molecule has 16 heavy (non-hydrogen) atoms. The van der Waals surface area contributed by atoms with Crippen LogP contribution < -0.4 is 5.73 Å². The van der Waals surface area contributed by atoms with Crippen LogP contribution >= 0.6 is 0 Å². The molecule has 0 spiro atoms. The predicted molar refractivity (Wildman–Crippen MR) is 72.4 cm³/mol. The van der Waals surface area contributed by atoms with Gasteiger partial charge >= 0.3 is 0 Å². The first-order chi connectivity index (χ1) is 7.38. The van der Waals surface area contributed by atoms with Gasteiger partial charge in [0.1, 0.15) is 5.82 Å². The summed E-state index contributed by atoms with van der Waals surface area (Å²) in [5, 5.41) is 0. The highest BCUT2D eigenvalue weighted by Gasteiger charge is 2.20. The Bertz CT molecular complexity index is 415. The SMILES string of the molecule is C/C=C\C=C/c1c(C(C)(C)C)cn(C)c1N. The standard InChI is InChI=1S/C14H22N2/c1-6-7-8-9-11-12(14(2,3)4)10-16(5)13(11)15/h6-10H,15H2,1-5H3/b7-6-,9-8-. The summed E-state index contributed by atoms with van der Waals surface area (Å²) in [5.74, 6) is 0.825. The van der Waals surface area contributed by atoms with E-state index >= 15 is 0 Å². The minimum Gasteiger partial charge on any atom is -0.385 e. The van der Waals surface area contributed by atoms with Crippen molar-refractivity contribution in [3.63, 3.8) is 0 Å². The Morgan fingerprint density at radius 2 is 1.88 bits per heavy atom. The molecule has 0 fully saturated rings. The van der Waals surface area contributed by atoms with Crippen LogP contribution in [0, 0.1) is 0 Å². The Morgan fingerprint density at radius 3 is 2.38 bits per heavy atom. The van der Waals surface area contributed by atoms with E-state index in [-0.39, 0.29) is 5.41 Å². The monoisotopic (exact) mass is 218 g/mol. The molecule has 2 N–H and O–H groups in total. The lowest BCUT2D eigenvalue weighted by Crippen LogP contribution is -2.11. The minimum absolute atomic E-state index is 0.116. The lowest BCUT2D eigenvalue weighted by molar-refractivity contribution is 0.588. The molecule has 2 heteroatoms. The lowest BCUT2D eigenvalue weighted by Gasteiger charge is -2.18. The van der Waals surface area contributed by atoms with E-state index in [2.05, 4.69) is 33.0 Å². The van der Waals surface area contributed by atoms with Crippen LogP contribution in [0.2, 0.25) is 0 Å². The van der Waals surface area contributed by atoms with Gasteiger partial charge in [-0.2, -0.15) is 0 Å². The lowest BCUT2D eigenvalue weighted by atomic mass is 9.86. The van der Waals surface area contributed by atoms with Crippen LogP contribution in [0.15, 0.2) is 24.4 Å². The zero-order valence-corrected chi connectivity index (χ0v) is 10.9. The number of aryl methyl sites for hydroxylation is 1. The number of hydrogen-bond donors (Lipinski definition) is 1. The van der Waals surface area contributed by atoms with Gasteiger partial charge < -0.3 is 10.3 Å². The molecule has 0 aliphatic heterocycles. The summed E-state index contributed by atoms with van der Waals surface area (Å²) in [6, 6.07) is 0. The van der Waals surface area contributed by atoms with Crippen molar-refractivity contribution in [3.05, 3.63) is 35.6 Å². The average Bonchev–Trinajstić information content (AvgIpc) is 2.45. The van der Waals surface area contributed by atoms with Crippen molar-refractivity contribution in [2.45, 2.75) is 33.1 Å². The molecule has 88 valence electrons. The second-order valence-corrected chi connectivity index (χ2v) is 5.09. The van der Waals surface area contributed by atoms with E-state index in [1.807, 2.05) is 36.8 Å². The quantitative estimate of drug-likeness (QED) is 0.757. The number of hydrogen-bond acceptors (Lipinski definition) is 1. The molecule has 0 aliphatic carbocycles. The van der Waals surface area contributed by atoms with E-state index < -0.39 is 0 Å². The number of aromatic nitrogens is 1. The van der Waals surface area contributed by atoms with Crippen molar-refractivity contribution in [2.24, 2.45) is 7.05 Å². The van der Waals surface area contributed by atoms with Gasteiger partial charge in [-0.3, -0.25) is 0 Å². The van der Waals surface area contributed by atoms with Crippen LogP contribution in [0.5, 0.6) is 0 Å². The van der Waals surface area contributed by atoms with Crippen LogP contribution in [0.3, 0.4) is 0 Å². The fraction of sp³-hybridized carbons (Fsp3) is 0.429. The molecule has 0 saturated carbocycles. The Balaban J connectivity index is 3.25. The molecule has 0 aliphatic rings. The largest absolute Gasteiger partial charge is 0.385 e.